The maximum Gasteiger partial charge on any atom is 0.218 e. The highest BCUT2D eigenvalue weighted by Crippen LogP contribution is 2.07. The van der Waals surface area contributed by atoms with Gasteiger partial charge in [-0.15, -0.1) is 0 Å². The van der Waals surface area contributed by atoms with E-state index in [4.69, 9.17) is 10.5 Å². The minimum Gasteiger partial charge on any atom is -0.380 e. The predicted molar refractivity (Wildman–Crippen MR) is 61.2 cm³/mol. The highest BCUT2D eigenvalue weighted by molar-refractivity contribution is 7.89. The van der Waals surface area contributed by atoms with Crippen molar-refractivity contribution < 1.29 is 13.2 Å². The summed E-state index contributed by atoms with van der Waals surface area (Å²) < 4.78 is 30.3. The number of nitrogens with zero attached hydrogens (tertiary/aromatic N) is 1. The molecular formula is C9H22N2O3S. The van der Waals surface area contributed by atoms with Gasteiger partial charge in [0, 0.05) is 26.2 Å². The molecule has 0 aliphatic carbocycles. The third kappa shape index (κ3) is 4.46. The summed E-state index contributed by atoms with van der Waals surface area (Å²) in [6.45, 7) is 7.35. The predicted octanol–water partition coefficient (Wildman–Crippen LogP) is 0.0218. The Bertz CT molecular complexity index is 254. The molecule has 0 rings (SSSR count). The van der Waals surface area contributed by atoms with Gasteiger partial charge in [0.2, 0.25) is 10.0 Å². The van der Waals surface area contributed by atoms with E-state index in [1.807, 2.05) is 13.8 Å². The first-order valence-electron chi connectivity index (χ1n) is 5.27. The first-order chi connectivity index (χ1) is 7.00. The van der Waals surface area contributed by atoms with Crippen LogP contribution in [0.15, 0.2) is 0 Å². The highest BCUT2D eigenvalue weighted by Gasteiger charge is 2.26. The summed E-state index contributed by atoms with van der Waals surface area (Å²) in [6, 6.07) is 0. The average molecular weight is 238 g/mol. The maximum atomic E-state index is 11.9. The fraction of sp³-hybridized carbons (Fsp3) is 1.00. The van der Waals surface area contributed by atoms with Gasteiger partial charge in [-0.25, -0.2) is 8.42 Å². The molecule has 1 atom stereocenters. The standard InChI is InChI=1S/C9H22N2O3S/c1-4-11(6-7-14-5-2)15(12,13)9(3)8-10/h9H,4-8,10H2,1-3H3. The van der Waals surface area contributed by atoms with Crippen LogP contribution in [0.5, 0.6) is 0 Å². The van der Waals surface area contributed by atoms with E-state index in [0.717, 1.165) is 0 Å². The third-order valence-electron chi connectivity index (χ3n) is 2.24. The molecule has 1 unspecified atom stereocenters. The van der Waals surface area contributed by atoms with Crippen molar-refractivity contribution in [3.8, 4) is 0 Å². The molecular weight excluding hydrogens is 216 g/mol. The van der Waals surface area contributed by atoms with Gasteiger partial charge in [-0.2, -0.15) is 4.31 Å². The van der Waals surface area contributed by atoms with E-state index in [-0.39, 0.29) is 6.54 Å². The Morgan fingerprint density at radius 1 is 1.40 bits per heavy atom. The Balaban J connectivity index is 4.38. The summed E-state index contributed by atoms with van der Waals surface area (Å²) in [5, 5.41) is -0.529. The largest absolute Gasteiger partial charge is 0.380 e. The van der Waals surface area contributed by atoms with Crippen LogP contribution in [0.2, 0.25) is 0 Å². The van der Waals surface area contributed by atoms with Crippen LogP contribution in [-0.2, 0) is 14.8 Å². The van der Waals surface area contributed by atoms with E-state index < -0.39 is 15.3 Å². The van der Waals surface area contributed by atoms with Crippen LogP contribution in [0.3, 0.4) is 0 Å². The van der Waals surface area contributed by atoms with Gasteiger partial charge in [0.05, 0.1) is 11.9 Å². The minimum absolute atomic E-state index is 0.146. The maximum absolute atomic E-state index is 11.9. The molecule has 0 saturated heterocycles. The number of likely N-dealkylation sites (N-methyl/N-ethyl adjacent to an activating group) is 1. The Labute approximate surface area is 92.6 Å². The third-order valence-corrected chi connectivity index (χ3v) is 4.61. The van der Waals surface area contributed by atoms with Crippen molar-refractivity contribution in [1.82, 2.24) is 4.31 Å². The quantitative estimate of drug-likeness (QED) is 0.605. The second-order valence-corrected chi connectivity index (χ2v) is 5.63. The smallest absolute Gasteiger partial charge is 0.218 e. The summed E-state index contributed by atoms with van der Waals surface area (Å²) in [4.78, 5) is 0. The summed E-state index contributed by atoms with van der Waals surface area (Å²) in [6.07, 6.45) is 0. The van der Waals surface area contributed by atoms with E-state index in [1.54, 1.807) is 6.92 Å². The molecule has 0 aromatic heterocycles. The van der Waals surface area contributed by atoms with Gasteiger partial charge in [-0.3, -0.25) is 0 Å². The van der Waals surface area contributed by atoms with Crippen molar-refractivity contribution in [2.75, 3.05) is 32.8 Å². The van der Waals surface area contributed by atoms with Crippen LogP contribution in [0.1, 0.15) is 20.8 Å². The van der Waals surface area contributed by atoms with E-state index in [0.29, 0.717) is 26.3 Å². The number of hydrogen-bond donors (Lipinski definition) is 1. The first kappa shape index (κ1) is 14.8. The average Bonchev–Trinajstić information content (AvgIpc) is 2.22. The van der Waals surface area contributed by atoms with Crippen LogP contribution in [0.4, 0.5) is 0 Å². The van der Waals surface area contributed by atoms with Gasteiger partial charge < -0.3 is 10.5 Å². The van der Waals surface area contributed by atoms with Gasteiger partial charge in [0.1, 0.15) is 0 Å². The topological polar surface area (TPSA) is 72.6 Å². The molecule has 0 aromatic rings. The van der Waals surface area contributed by atoms with Crippen molar-refractivity contribution in [2.24, 2.45) is 5.73 Å². The lowest BCUT2D eigenvalue weighted by Gasteiger charge is -2.23. The van der Waals surface area contributed by atoms with E-state index >= 15 is 0 Å². The molecule has 15 heavy (non-hydrogen) atoms. The molecule has 92 valence electrons. The summed E-state index contributed by atoms with van der Waals surface area (Å²) in [7, 11) is -3.25. The lowest BCUT2D eigenvalue weighted by molar-refractivity contribution is 0.135. The monoisotopic (exact) mass is 238 g/mol. The number of ether oxygens (including phenoxy) is 1. The fourth-order valence-corrected chi connectivity index (χ4v) is 2.59. The molecule has 2 N–H and O–H groups in total. The van der Waals surface area contributed by atoms with E-state index in [2.05, 4.69) is 0 Å². The van der Waals surface area contributed by atoms with Gasteiger partial charge >= 0.3 is 0 Å². The SMILES string of the molecule is CCOCCN(CC)S(=O)(=O)C(C)CN. The molecule has 0 bridgehead atoms. The number of nitrogens with two attached hydrogens (primary N) is 1. The first-order valence-corrected chi connectivity index (χ1v) is 6.77. The zero-order valence-corrected chi connectivity index (χ0v) is 10.6. The molecule has 0 fully saturated rings. The van der Waals surface area contributed by atoms with E-state index in [1.165, 1.54) is 4.31 Å². The second-order valence-electron chi connectivity index (χ2n) is 3.28. The summed E-state index contributed by atoms with van der Waals surface area (Å²) >= 11 is 0. The molecule has 0 aliphatic heterocycles. The van der Waals surface area contributed by atoms with Gasteiger partial charge in [0.15, 0.2) is 0 Å². The van der Waals surface area contributed by atoms with Gasteiger partial charge in [-0.1, -0.05) is 6.92 Å². The van der Waals surface area contributed by atoms with Crippen molar-refractivity contribution >= 4 is 10.0 Å². The van der Waals surface area contributed by atoms with Crippen molar-refractivity contribution in [3.05, 3.63) is 0 Å². The van der Waals surface area contributed by atoms with Crippen LogP contribution in [-0.4, -0.2) is 50.8 Å². The summed E-state index contributed by atoms with van der Waals surface area (Å²) in [5.74, 6) is 0. The molecule has 0 radical (unpaired) electrons. The number of hydrogen-bond acceptors (Lipinski definition) is 4. The molecule has 0 aliphatic rings. The number of sulfonamides is 1. The molecule has 0 amide bonds. The lowest BCUT2D eigenvalue weighted by atomic mass is 10.5. The fourth-order valence-electron chi connectivity index (χ4n) is 1.15. The van der Waals surface area contributed by atoms with Crippen LogP contribution < -0.4 is 5.73 Å². The molecule has 6 heteroatoms. The van der Waals surface area contributed by atoms with E-state index in [9.17, 15) is 8.42 Å². The molecule has 0 saturated carbocycles. The zero-order chi connectivity index (χ0) is 11.9. The Hall–Kier alpha value is -0.170. The minimum atomic E-state index is -3.25. The highest BCUT2D eigenvalue weighted by atomic mass is 32.2. The molecule has 5 nitrogen and oxygen atoms in total. The van der Waals surface area contributed by atoms with Gasteiger partial charge in [0.25, 0.3) is 0 Å². The zero-order valence-electron chi connectivity index (χ0n) is 9.77. The normalized spacial score (nSPS) is 14.5. The van der Waals surface area contributed by atoms with Crippen LogP contribution in [0, 0.1) is 0 Å². The Morgan fingerprint density at radius 2 is 2.00 bits per heavy atom. The van der Waals surface area contributed by atoms with Crippen LogP contribution in [0.25, 0.3) is 0 Å². The Kier molecular flexibility index (Phi) is 7.08. The van der Waals surface area contributed by atoms with Crippen molar-refractivity contribution in [1.29, 1.82) is 0 Å². The van der Waals surface area contributed by atoms with Crippen LogP contribution >= 0.6 is 0 Å². The molecule has 0 spiro atoms. The summed E-state index contributed by atoms with van der Waals surface area (Å²) in [5.41, 5.74) is 5.37. The molecule has 0 heterocycles. The van der Waals surface area contributed by atoms with Crippen molar-refractivity contribution in [3.63, 3.8) is 0 Å². The van der Waals surface area contributed by atoms with Gasteiger partial charge in [-0.05, 0) is 13.8 Å². The Morgan fingerprint density at radius 3 is 2.40 bits per heavy atom. The molecule has 0 aromatic carbocycles. The number of rotatable bonds is 8. The second kappa shape index (κ2) is 7.16. The van der Waals surface area contributed by atoms with Crippen molar-refractivity contribution in [2.45, 2.75) is 26.0 Å². The lowest BCUT2D eigenvalue weighted by Crippen LogP contribution is -2.42.